The van der Waals surface area contributed by atoms with E-state index in [-0.39, 0.29) is 5.41 Å². The molecule has 0 spiro atoms. The molecule has 0 bridgehead atoms. The lowest BCUT2D eigenvalue weighted by molar-refractivity contribution is 0.00915. The third-order valence-corrected chi connectivity index (χ3v) is 4.41. The van der Waals surface area contributed by atoms with Crippen LogP contribution in [0, 0.1) is 0 Å². The van der Waals surface area contributed by atoms with E-state index >= 15 is 0 Å². The van der Waals surface area contributed by atoms with Gasteiger partial charge in [0.15, 0.2) is 11.6 Å². The van der Waals surface area contributed by atoms with Gasteiger partial charge in [0.05, 0.1) is 12.0 Å². The normalized spacial score (nSPS) is 17.6. The van der Waals surface area contributed by atoms with Gasteiger partial charge in [0.2, 0.25) is 0 Å². The van der Waals surface area contributed by atoms with Crippen molar-refractivity contribution in [1.29, 1.82) is 0 Å². The first kappa shape index (κ1) is 14.4. The molecule has 3 heterocycles. The molecule has 4 rings (SSSR count). The largest absolute Gasteiger partial charge is 0.451 e. The van der Waals surface area contributed by atoms with Crippen molar-refractivity contribution in [3.8, 4) is 11.7 Å². The number of ether oxygens (including phenoxy) is 2. The van der Waals surface area contributed by atoms with Crippen LogP contribution in [0.4, 0.5) is 0 Å². The van der Waals surface area contributed by atoms with E-state index in [1.54, 1.807) is 7.11 Å². The third-order valence-electron chi connectivity index (χ3n) is 4.41. The van der Waals surface area contributed by atoms with E-state index in [0.717, 1.165) is 23.8 Å². The molecule has 1 saturated heterocycles. The third kappa shape index (κ3) is 2.54. The molecule has 6 heteroatoms. The first-order valence-corrected chi connectivity index (χ1v) is 7.71. The Hall–Kier alpha value is -2.18. The van der Waals surface area contributed by atoms with Gasteiger partial charge in [-0.1, -0.05) is 23.4 Å². The summed E-state index contributed by atoms with van der Waals surface area (Å²) in [5, 5.41) is 5.21. The van der Waals surface area contributed by atoms with Gasteiger partial charge in [0.1, 0.15) is 5.58 Å². The fraction of sp³-hybridized carbons (Fsp3) is 0.412. The Kier molecular flexibility index (Phi) is 3.63. The van der Waals surface area contributed by atoms with E-state index in [2.05, 4.69) is 10.1 Å². The predicted octanol–water partition coefficient (Wildman–Crippen LogP) is 3.18. The topological polar surface area (TPSA) is 70.5 Å². The first-order chi connectivity index (χ1) is 11.3. The Balaban J connectivity index is 1.69. The molecule has 6 nitrogen and oxygen atoms in total. The second-order valence-corrected chi connectivity index (χ2v) is 5.90. The molecule has 1 aromatic carbocycles. The molecule has 0 amide bonds. The molecule has 1 aliphatic rings. The van der Waals surface area contributed by atoms with Gasteiger partial charge >= 0.3 is 0 Å². The average Bonchev–Trinajstić information content (AvgIpc) is 3.23. The minimum atomic E-state index is -0.249. The van der Waals surface area contributed by atoms with Crippen LogP contribution in [-0.4, -0.2) is 37.1 Å². The molecule has 120 valence electrons. The summed E-state index contributed by atoms with van der Waals surface area (Å²) in [5.74, 6) is 1.65. The van der Waals surface area contributed by atoms with Crippen molar-refractivity contribution >= 4 is 11.0 Å². The van der Waals surface area contributed by atoms with E-state index in [4.69, 9.17) is 18.4 Å². The summed E-state index contributed by atoms with van der Waals surface area (Å²) in [6, 6.07) is 9.73. The summed E-state index contributed by atoms with van der Waals surface area (Å²) in [6.45, 7) is 1.91. The van der Waals surface area contributed by atoms with Gasteiger partial charge in [0, 0.05) is 25.7 Å². The highest BCUT2D eigenvalue weighted by atomic mass is 16.5. The molecule has 3 aromatic rings. The SMILES string of the molecule is COCC1(c2noc(-c3cc4ccccc4o3)n2)CCOCC1. The molecule has 0 radical (unpaired) electrons. The zero-order chi connectivity index (χ0) is 15.7. The zero-order valence-electron chi connectivity index (χ0n) is 12.9. The minimum absolute atomic E-state index is 0.249. The summed E-state index contributed by atoms with van der Waals surface area (Å²) in [4.78, 5) is 4.58. The van der Waals surface area contributed by atoms with Gasteiger partial charge in [-0.25, -0.2) is 0 Å². The number of aromatic nitrogens is 2. The quantitative estimate of drug-likeness (QED) is 0.736. The van der Waals surface area contributed by atoms with Gasteiger partial charge in [-0.2, -0.15) is 4.98 Å². The number of nitrogens with zero attached hydrogens (tertiary/aromatic N) is 2. The highest BCUT2D eigenvalue weighted by Crippen LogP contribution is 2.35. The molecule has 1 fully saturated rings. The fourth-order valence-electron chi connectivity index (χ4n) is 3.10. The van der Waals surface area contributed by atoms with Crippen LogP contribution in [0.15, 0.2) is 39.3 Å². The molecule has 1 aliphatic heterocycles. The summed E-state index contributed by atoms with van der Waals surface area (Å²) < 4.78 is 22.1. The number of hydrogen-bond acceptors (Lipinski definition) is 6. The lowest BCUT2D eigenvalue weighted by atomic mass is 9.80. The maximum absolute atomic E-state index is 5.80. The van der Waals surface area contributed by atoms with Gasteiger partial charge in [0.25, 0.3) is 5.89 Å². The molecule has 23 heavy (non-hydrogen) atoms. The van der Waals surface area contributed by atoms with Crippen LogP contribution in [0.1, 0.15) is 18.7 Å². The smallest absolute Gasteiger partial charge is 0.293 e. The second kappa shape index (κ2) is 5.79. The molecule has 0 saturated carbocycles. The fourth-order valence-corrected chi connectivity index (χ4v) is 3.10. The maximum Gasteiger partial charge on any atom is 0.293 e. The number of hydrogen-bond donors (Lipinski definition) is 0. The number of rotatable bonds is 4. The van der Waals surface area contributed by atoms with E-state index in [9.17, 15) is 0 Å². The zero-order valence-corrected chi connectivity index (χ0v) is 12.9. The Bertz CT molecular complexity index is 763. The van der Waals surface area contributed by atoms with Crippen molar-refractivity contribution in [2.24, 2.45) is 0 Å². The maximum atomic E-state index is 5.80. The molecular formula is C17H18N2O4. The number of furan rings is 1. The number of para-hydroxylation sites is 1. The standard InChI is InChI=1S/C17H18N2O4/c1-20-11-17(6-8-21-9-7-17)16-18-15(23-19-16)14-10-12-4-2-3-5-13(12)22-14/h2-5,10H,6-9,11H2,1H3. The molecule has 0 unspecified atom stereocenters. The van der Waals surface area contributed by atoms with Crippen molar-refractivity contribution in [1.82, 2.24) is 10.1 Å². The minimum Gasteiger partial charge on any atom is -0.451 e. The van der Waals surface area contributed by atoms with Crippen LogP contribution in [0.3, 0.4) is 0 Å². The number of methoxy groups -OCH3 is 1. The molecular weight excluding hydrogens is 296 g/mol. The Labute approximate surface area is 133 Å². The van der Waals surface area contributed by atoms with Gasteiger partial charge in [-0.15, -0.1) is 0 Å². The van der Waals surface area contributed by atoms with Crippen molar-refractivity contribution in [2.45, 2.75) is 18.3 Å². The highest BCUT2D eigenvalue weighted by Gasteiger charge is 2.39. The van der Waals surface area contributed by atoms with Crippen LogP contribution < -0.4 is 0 Å². The van der Waals surface area contributed by atoms with Crippen LogP contribution in [-0.2, 0) is 14.9 Å². The Morgan fingerprint density at radius 2 is 2.04 bits per heavy atom. The lowest BCUT2D eigenvalue weighted by Crippen LogP contribution is -2.39. The number of benzene rings is 1. The second-order valence-electron chi connectivity index (χ2n) is 5.90. The highest BCUT2D eigenvalue weighted by molar-refractivity contribution is 5.81. The molecule has 2 aromatic heterocycles. The monoisotopic (exact) mass is 314 g/mol. The summed E-state index contributed by atoms with van der Waals surface area (Å²) in [5.41, 5.74) is 0.556. The van der Waals surface area contributed by atoms with Crippen molar-refractivity contribution in [3.05, 3.63) is 36.2 Å². The lowest BCUT2D eigenvalue weighted by Gasteiger charge is -2.33. The van der Waals surface area contributed by atoms with Crippen molar-refractivity contribution in [3.63, 3.8) is 0 Å². The first-order valence-electron chi connectivity index (χ1n) is 7.71. The van der Waals surface area contributed by atoms with Crippen LogP contribution in [0.2, 0.25) is 0 Å². The molecule has 0 aliphatic carbocycles. The van der Waals surface area contributed by atoms with E-state index in [1.807, 2.05) is 30.3 Å². The van der Waals surface area contributed by atoms with Crippen molar-refractivity contribution in [2.75, 3.05) is 26.9 Å². The summed E-state index contributed by atoms with van der Waals surface area (Å²) in [7, 11) is 1.69. The van der Waals surface area contributed by atoms with Crippen LogP contribution in [0.25, 0.3) is 22.6 Å². The summed E-state index contributed by atoms with van der Waals surface area (Å²) in [6.07, 6.45) is 1.64. The Morgan fingerprint density at radius 3 is 2.83 bits per heavy atom. The van der Waals surface area contributed by atoms with Crippen LogP contribution >= 0.6 is 0 Å². The molecule has 0 atom stereocenters. The van der Waals surface area contributed by atoms with Crippen LogP contribution in [0.5, 0.6) is 0 Å². The Morgan fingerprint density at radius 1 is 1.22 bits per heavy atom. The molecule has 0 N–H and O–H groups in total. The van der Waals surface area contributed by atoms with Crippen molar-refractivity contribution < 1.29 is 18.4 Å². The van der Waals surface area contributed by atoms with E-state index in [0.29, 0.717) is 37.3 Å². The number of fused-ring (bicyclic) bond motifs is 1. The average molecular weight is 314 g/mol. The van der Waals surface area contributed by atoms with Gasteiger partial charge in [-0.3, -0.25) is 0 Å². The predicted molar refractivity (Wildman–Crippen MR) is 83.1 cm³/mol. The van der Waals surface area contributed by atoms with Gasteiger partial charge < -0.3 is 18.4 Å². The van der Waals surface area contributed by atoms with E-state index in [1.165, 1.54) is 0 Å². The summed E-state index contributed by atoms with van der Waals surface area (Å²) >= 11 is 0. The van der Waals surface area contributed by atoms with Gasteiger partial charge in [-0.05, 0) is 25.0 Å². The van der Waals surface area contributed by atoms with E-state index < -0.39 is 0 Å².